The minimum atomic E-state index is -0.786. The fraction of sp³-hybridized carbons (Fsp3) is 0.764. The number of hydrogen-bond acceptors (Lipinski definition) is 6. The fourth-order valence-corrected chi connectivity index (χ4v) is 7.17. The van der Waals surface area contributed by atoms with Crippen molar-refractivity contribution in [2.24, 2.45) is 0 Å². The standard InChI is InChI=1S/C55H96O6/c1-4-7-10-13-16-19-22-24-25-26-27-28-29-31-34-37-40-43-46-49-55(58)61-52(50-59-53(56)47-44-41-38-35-32-21-18-15-12-9-6-3)51-60-54(57)48-45-42-39-36-33-30-23-20-17-14-11-8-5-2/h7,10,16,19,24-25,27-28,31,34,52H,4-6,8-9,11-15,17-18,20-23,26,29-30,32-33,35-51H2,1-3H3/b10-7-,19-16-,25-24-,28-27-,34-31-/t52-/m0/s1. The lowest BCUT2D eigenvalue weighted by Crippen LogP contribution is -2.30. The van der Waals surface area contributed by atoms with Crippen molar-refractivity contribution < 1.29 is 28.6 Å². The van der Waals surface area contributed by atoms with Crippen LogP contribution in [0.1, 0.15) is 252 Å². The van der Waals surface area contributed by atoms with Crippen LogP contribution in [-0.2, 0) is 28.6 Å². The Labute approximate surface area is 377 Å². The quantitative estimate of drug-likeness (QED) is 0.0263. The largest absolute Gasteiger partial charge is 0.462 e. The normalized spacial score (nSPS) is 12.5. The minimum Gasteiger partial charge on any atom is -0.462 e. The van der Waals surface area contributed by atoms with E-state index in [1.807, 2.05) is 0 Å². The summed E-state index contributed by atoms with van der Waals surface area (Å²) in [4.78, 5) is 37.9. The molecule has 1 atom stereocenters. The van der Waals surface area contributed by atoms with Crippen molar-refractivity contribution in [2.75, 3.05) is 13.2 Å². The van der Waals surface area contributed by atoms with Gasteiger partial charge in [-0.2, -0.15) is 0 Å². The van der Waals surface area contributed by atoms with Crippen LogP contribution in [0.25, 0.3) is 0 Å². The zero-order valence-corrected chi connectivity index (χ0v) is 40.2. The van der Waals surface area contributed by atoms with E-state index < -0.39 is 6.10 Å². The van der Waals surface area contributed by atoms with Gasteiger partial charge in [0.25, 0.3) is 0 Å². The van der Waals surface area contributed by atoms with Crippen LogP contribution in [0.2, 0.25) is 0 Å². The predicted molar refractivity (Wildman–Crippen MR) is 261 cm³/mol. The van der Waals surface area contributed by atoms with E-state index in [4.69, 9.17) is 14.2 Å². The third-order valence-electron chi connectivity index (χ3n) is 11.0. The first kappa shape index (κ1) is 58.1. The molecule has 352 valence electrons. The maximum absolute atomic E-state index is 12.8. The molecule has 0 aliphatic carbocycles. The average Bonchev–Trinajstić information content (AvgIpc) is 3.26. The molecule has 0 fully saturated rings. The molecule has 0 bridgehead atoms. The Morgan fingerprint density at radius 2 is 0.639 bits per heavy atom. The summed E-state index contributed by atoms with van der Waals surface area (Å²) in [6, 6.07) is 0. The molecule has 0 heterocycles. The smallest absolute Gasteiger partial charge is 0.306 e. The van der Waals surface area contributed by atoms with Crippen molar-refractivity contribution in [2.45, 2.75) is 258 Å². The molecule has 0 aliphatic rings. The highest BCUT2D eigenvalue weighted by Crippen LogP contribution is 2.15. The van der Waals surface area contributed by atoms with Gasteiger partial charge >= 0.3 is 17.9 Å². The molecule has 6 heteroatoms. The lowest BCUT2D eigenvalue weighted by atomic mass is 10.0. The Bertz CT molecular complexity index is 1120. The van der Waals surface area contributed by atoms with E-state index in [0.717, 1.165) is 96.3 Å². The highest BCUT2D eigenvalue weighted by Gasteiger charge is 2.19. The molecular weight excluding hydrogens is 757 g/mol. The summed E-state index contributed by atoms with van der Waals surface area (Å²) < 4.78 is 16.8. The van der Waals surface area contributed by atoms with E-state index in [0.29, 0.717) is 19.3 Å². The van der Waals surface area contributed by atoms with Crippen molar-refractivity contribution in [3.63, 3.8) is 0 Å². The van der Waals surface area contributed by atoms with Gasteiger partial charge in [-0.3, -0.25) is 14.4 Å². The number of carbonyl (C=O) groups is 3. The third kappa shape index (κ3) is 48.0. The number of esters is 3. The number of rotatable bonds is 46. The predicted octanol–water partition coefficient (Wildman–Crippen LogP) is 16.9. The molecule has 0 aliphatic heterocycles. The molecule has 61 heavy (non-hydrogen) atoms. The van der Waals surface area contributed by atoms with Crippen LogP contribution in [0.5, 0.6) is 0 Å². The summed E-state index contributed by atoms with van der Waals surface area (Å²) in [7, 11) is 0. The maximum Gasteiger partial charge on any atom is 0.306 e. The van der Waals surface area contributed by atoms with Gasteiger partial charge in [-0.1, -0.05) is 229 Å². The van der Waals surface area contributed by atoms with Gasteiger partial charge in [-0.05, 0) is 64.2 Å². The second-order valence-electron chi connectivity index (χ2n) is 17.1. The monoisotopic (exact) mass is 853 g/mol. The molecule has 6 nitrogen and oxygen atoms in total. The molecule has 0 spiro atoms. The van der Waals surface area contributed by atoms with Crippen LogP contribution in [0.15, 0.2) is 60.8 Å². The zero-order valence-electron chi connectivity index (χ0n) is 40.2. The van der Waals surface area contributed by atoms with Crippen molar-refractivity contribution in [3.8, 4) is 0 Å². The third-order valence-corrected chi connectivity index (χ3v) is 11.0. The summed E-state index contributed by atoms with van der Waals surface area (Å²) in [6.45, 7) is 6.50. The van der Waals surface area contributed by atoms with E-state index >= 15 is 0 Å². The minimum absolute atomic E-state index is 0.0845. The Balaban J connectivity index is 4.42. The Hall–Kier alpha value is -2.89. The number of carbonyl (C=O) groups excluding carboxylic acids is 3. The second kappa shape index (κ2) is 49.8. The first-order chi connectivity index (χ1) is 30.0. The number of allylic oxidation sites excluding steroid dienone is 10. The van der Waals surface area contributed by atoms with Gasteiger partial charge in [-0.15, -0.1) is 0 Å². The van der Waals surface area contributed by atoms with Gasteiger partial charge in [0.15, 0.2) is 6.10 Å². The Morgan fingerprint density at radius 3 is 1.00 bits per heavy atom. The van der Waals surface area contributed by atoms with E-state index in [1.54, 1.807) is 0 Å². The lowest BCUT2D eigenvalue weighted by Gasteiger charge is -2.18. The average molecular weight is 853 g/mol. The van der Waals surface area contributed by atoms with E-state index in [2.05, 4.69) is 81.5 Å². The van der Waals surface area contributed by atoms with Gasteiger partial charge in [0.2, 0.25) is 0 Å². The molecule has 0 saturated heterocycles. The van der Waals surface area contributed by atoms with Crippen molar-refractivity contribution in [1.82, 2.24) is 0 Å². The number of unbranched alkanes of at least 4 members (excludes halogenated alkanes) is 25. The SMILES string of the molecule is CC/C=C\C/C=C\C/C=C\C/C=C\C/C=C\CCCCCC(=O)O[C@@H](COC(=O)CCCCCCCCCCCCC)COC(=O)CCCCCCCCCCCCCCC. The summed E-state index contributed by atoms with van der Waals surface area (Å²) >= 11 is 0. The second-order valence-corrected chi connectivity index (χ2v) is 17.1. The van der Waals surface area contributed by atoms with Crippen LogP contribution in [0, 0.1) is 0 Å². The lowest BCUT2D eigenvalue weighted by molar-refractivity contribution is -0.167. The van der Waals surface area contributed by atoms with E-state index in [9.17, 15) is 14.4 Å². The van der Waals surface area contributed by atoms with E-state index in [-0.39, 0.29) is 31.1 Å². The van der Waals surface area contributed by atoms with Gasteiger partial charge < -0.3 is 14.2 Å². The summed E-state index contributed by atoms with van der Waals surface area (Å²) in [5.41, 5.74) is 0. The highest BCUT2D eigenvalue weighted by molar-refractivity contribution is 5.71. The van der Waals surface area contributed by atoms with Crippen LogP contribution in [0.4, 0.5) is 0 Å². The van der Waals surface area contributed by atoms with Gasteiger partial charge in [0.05, 0.1) is 0 Å². The van der Waals surface area contributed by atoms with E-state index in [1.165, 1.54) is 116 Å². The molecule has 0 saturated carbocycles. The zero-order chi connectivity index (χ0) is 44.4. The van der Waals surface area contributed by atoms with Gasteiger partial charge in [-0.25, -0.2) is 0 Å². The maximum atomic E-state index is 12.8. The molecule has 0 unspecified atom stereocenters. The summed E-state index contributed by atoms with van der Waals surface area (Å²) in [5.74, 6) is -0.911. The Morgan fingerprint density at radius 1 is 0.344 bits per heavy atom. The molecule has 0 aromatic heterocycles. The van der Waals surface area contributed by atoms with Crippen molar-refractivity contribution in [1.29, 1.82) is 0 Å². The molecule has 0 aromatic carbocycles. The molecule has 0 radical (unpaired) electrons. The first-order valence-electron chi connectivity index (χ1n) is 25.8. The topological polar surface area (TPSA) is 78.9 Å². The molecule has 0 aromatic rings. The van der Waals surface area contributed by atoms with Crippen LogP contribution in [-0.4, -0.2) is 37.2 Å². The summed E-state index contributed by atoms with van der Waals surface area (Å²) in [5, 5.41) is 0. The van der Waals surface area contributed by atoms with Crippen molar-refractivity contribution >= 4 is 17.9 Å². The highest BCUT2D eigenvalue weighted by atomic mass is 16.6. The van der Waals surface area contributed by atoms with Crippen LogP contribution in [0.3, 0.4) is 0 Å². The first-order valence-corrected chi connectivity index (χ1v) is 25.8. The molecule has 0 rings (SSSR count). The summed E-state index contributed by atoms with van der Waals surface area (Å²) in [6.07, 6.45) is 60.6. The van der Waals surface area contributed by atoms with Crippen LogP contribution < -0.4 is 0 Å². The molecule has 0 amide bonds. The van der Waals surface area contributed by atoms with Gasteiger partial charge in [0, 0.05) is 19.3 Å². The van der Waals surface area contributed by atoms with Crippen LogP contribution >= 0.6 is 0 Å². The molecule has 0 N–H and O–H groups in total. The van der Waals surface area contributed by atoms with Crippen molar-refractivity contribution in [3.05, 3.63) is 60.8 Å². The number of hydrogen-bond donors (Lipinski definition) is 0. The van der Waals surface area contributed by atoms with Gasteiger partial charge in [0.1, 0.15) is 13.2 Å². The fourth-order valence-electron chi connectivity index (χ4n) is 7.17. The Kier molecular flexibility index (Phi) is 47.4. The number of ether oxygens (including phenoxy) is 3. The molecular formula is C55H96O6.